The van der Waals surface area contributed by atoms with E-state index in [1.54, 1.807) is 48.5 Å². The van der Waals surface area contributed by atoms with Crippen molar-refractivity contribution in [3.8, 4) is 5.75 Å². The lowest BCUT2D eigenvalue weighted by Gasteiger charge is -2.02. The van der Waals surface area contributed by atoms with Gasteiger partial charge in [-0.25, -0.2) is 0 Å². The van der Waals surface area contributed by atoms with Crippen molar-refractivity contribution < 1.29 is 13.9 Å². The van der Waals surface area contributed by atoms with Crippen molar-refractivity contribution in [3.05, 3.63) is 70.0 Å². The van der Waals surface area contributed by atoms with Gasteiger partial charge in [-0.05, 0) is 48.5 Å². The summed E-state index contributed by atoms with van der Waals surface area (Å²) in [5, 5.41) is 9.33. The molecular weight excluding hydrogens is 383 g/mol. The predicted molar refractivity (Wildman–Crippen MR) is 96.6 cm³/mol. The van der Waals surface area contributed by atoms with Gasteiger partial charge in [0.25, 0.3) is 11.1 Å². The van der Waals surface area contributed by atoms with Gasteiger partial charge in [0.05, 0.1) is 5.75 Å². The lowest BCUT2D eigenvalue weighted by Crippen LogP contribution is -2.01. The van der Waals surface area contributed by atoms with Crippen molar-refractivity contribution in [2.24, 2.45) is 0 Å². The van der Waals surface area contributed by atoms with Crippen LogP contribution in [-0.4, -0.2) is 21.7 Å². The highest BCUT2D eigenvalue weighted by atomic mass is 35.5. The van der Waals surface area contributed by atoms with Crippen LogP contribution in [0.3, 0.4) is 0 Å². The maximum atomic E-state index is 12.1. The first-order valence-electron chi connectivity index (χ1n) is 7.22. The maximum absolute atomic E-state index is 12.1. The Hall–Kier alpha value is -2.02. The van der Waals surface area contributed by atoms with Gasteiger partial charge in [-0.3, -0.25) is 4.79 Å². The fourth-order valence-electron chi connectivity index (χ4n) is 1.88. The van der Waals surface area contributed by atoms with Crippen LogP contribution >= 0.6 is 35.0 Å². The van der Waals surface area contributed by atoms with Gasteiger partial charge in [-0.2, -0.15) is 0 Å². The molecule has 0 aliphatic carbocycles. The Morgan fingerprint density at radius 3 is 2.32 bits per heavy atom. The molecule has 0 saturated carbocycles. The van der Waals surface area contributed by atoms with Gasteiger partial charge >= 0.3 is 0 Å². The molecule has 0 atom stereocenters. The van der Waals surface area contributed by atoms with Crippen molar-refractivity contribution in [3.63, 3.8) is 0 Å². The number of carbonyl (C=O) groups is 1. The Morgan fingerprint density at radius 1 is 1.00 bits per heavy atom. The molecular formula is C17H12Cl2N2O3S. The Balaban J connectivity index is 1.50. The van der Waals surface area contributed by atoms with Gasteiger partial charge in [0.2, 0.25) is 0 Å². The van der Waals surface area contributed by atoms with Gasteiger partial charge in [-0.15, -0.1) is 10.2 Å². The molecule has 0 spiro atoms. The van der Waals surface area contributed by atoms with Gasteiger partial charge < -0.3 is 9.15 Å². The smallest absolute Gasteiger partial charge is 0.277 e. The highest BCUT2D eigenvalue weighted by molar-refractivity contribution is 7.99. The zero-order chi connectivity index (χ0) is 17.6. The number of Topliss-reactive ketones (excluding diaryl/α,β-unsaturated/α-hetero) is 1. The summed E-state index contributed by atoms with van der Waals surface area (Å²) < 4.78 is 11.0. The number of thioether (sulfide) groups is 1. The molecule has 0 N–H and O–H groups in total. The molecule has 25 heavy (non-hydrogen) atoms. The molecule has 0 radical (unpaired) electrons. The topological polar surface area (TPSA) is 65.2 Å². The Kier molecular flexibility index (Phi) is 5.96. The van der Waals surface area contributed by atoms with E-state index in [1.165, 1.54) is 11.8 Å². The monoisotopic (exact) mass is 394 g/mol. The molecule has 0 aliphatic rings. The molecule has 0 amide bonds. The number of aromatic nitrogens is 2. The first-order chi connectivity index (χ1) is 12.1. The standard InChI is InChI=1S/C17H12Cl2N2O3S/c18-12-3-1-11(2-4-12)15(22)10-25-17-21-20-16(24-17)9-23-14-7-5-13(19)6-8-14/h1-8H,9-10H2. The van der Waals surface area contributed by atoms with Crippen LogP contribution in [0.1, 0.15) is 16.2 Å². The summed E-state index contributed by atoms with van der Waals surface area (Å²) in [7, 11) is 0. The highest BCUT2D eigenvalue weighted by Crippen LogP contribution is 2.20. The Bertz CT molecular complexity index is 851. The number of ketones is 1. The zero-order valence-electron chi connectivity index (χ0n) is 12.8. The molecule has 0 unspecified atom stereocenters. The summed E-state index contributed by atoms with van der Waals surface area (Å²) in [6.45, 7) is 0.139. The fourth-order valence-corrected chi connectivity index (χ4v) is 2.80. The minimum Gasteiger partial charge on any atom is -0.484 e. The first-order valence-corrected chi connectivity index (χ1v) is 8.96. The van der Waals surface area contributed by atoms with E-state index >= 15 is 0 Å². The summed E-state index contributed by atoms with van der Waals surface area (Å²) in [6.07, 6.45) is 0. The molecule has 1 aromatic heterocycles. The third kappa shape index (κ3) is 5.22. The van der Waals surface area contributed by atoms with E-state index in [9.17, 15) is 4.79 Å². The van der Waals surface area contributed by atoms with Crippen LogP contribution in [0.25, 0.3) is 0 Å². The van der Waals surface area contributed by atoms with Crippen LogP contribution in [0.4, 0.5) is 0 Å². The van der Waals surface area contributed by atoms with Gasteiger partial charge in [0.1, 0.15) is 5.75 Å². The van der Waals surface area contributed by atoms with Crippen molar-refractivity contribution in [2.75, 3.05) is 5.75 Å². The van der Waals surface area contributed by atoms with Crippen LogP contribution in [-0.2, 0) is 6.61 Å². The molecule has 128 valence electrons. The molecule has 1 heterocycles. The summed E-state index contributed by atoms with van der Waals surface area (Å²) in [5.41, 5.74) is 0.586. The van der Waals surface area contributed by atoms with Crippen LogP contribution in [0, 0.1) is 0 Å². The Labute approximate surface area is 158 Å². The molecule has 3 aromatic rings. The van der Waals surface area contributed by atoms with Gasteiger partial charge in [-0.1, -0.05) is 35.0 Å². The maximum Gasteiger partial charge on any atom is 0.277 e. The van der Waals surface area contributed by atoms with E-state index in [-0.39, 0.29) is 18.1 Å². The molecule has 8 heteroatoms. The first kappa shape index (κ1) is 17.8. The normalized spacial score (nSPS) is 10.6. The average molecular weight is 395 g/mol. The van der Waals surface area contributed by atoms with Crippen LogP contribution in [0.2, 0.25) is 10.0 Å². The van der Waals surface area contributed by atoms with E-state index in [0.717, 1.165) is 0 Å². The molecule has 0 fully saturated rings. The van der Waals surface area contributed by atoms with Crippen molar-refractivity contribution in [1.82, 2.24) is 10.2 Å². The number of benzene rings is 2. The second-order valence-electron chi connectivity index (χ2n) is 4.92. The lowest BCUT2D eigenvalue weighted by molar-refractivity contribution is 0.102. The van der Waals surface area contributed by atoms with Crippen LogP contribution in [0.5, 0.6) is 5.75 Å². The zero-order valence-corrected chi connectivity index (χ0v) is 15.1. The fraction of sp³-hybridized carbons (Fsp3) is 0.118. The second kappa shape index (κ2) is 8.38. The van der Waals surface area contributed by atoms with Crippen molar-refractivity contribution in [2.45, 2.75) is 11.8 Å². The molecule has 2 aromatic carbocycles. The second-order valence-corrected chi connectivity index (χ2v) is 6.72. The third-order valence-corrected chi connectivity index (χ3v) is 4.44. The van der Waals surface area contributed by atoms with E-state index in [0.29, 0.717) is 32.5 Å². The number of rotatable bonds is 7. The Morgan fingerprint density at radius 2 is 1.64 bits per heavy atom. The minimum absolute atomic E-state index is 0.0427. The quantitative estimate of drug-likeness (QED) is 0.418. The third-order valence-electron chi connectivity index (χ3n) is 3.12. The molecule has 0 saturated heterocycles. The van der Waals surface area contributed by atoms with E-state index in [1.807, 2.05) is 0 Å². The summed E-state index contributed by atoms with van der Waals surface area (Å²) in [5.74, 6) is 1.13. The van der Waals surface area contributed by atoms with E-state index < -0.39 is 0 Å². The summed E-state index contributed by atoms with van der Waals surface area (Å²) >= 11 is 12.8. The largest absolute Gasteiger partial charge is 0.484 e. The minimum atomic E-state index is -0.0427. The SMILES string of the molecule is O=C(CSc1nnc(COc2ccc(Cl)cc2)o1)c1ccc(Cl)cc1. The van der Waals surface area contributed by atoms with Gasteiger partial charge in [0.15, 0.2) is 12.4 Å². The number of carbonyl (C=O) groups excluding carboxylic acids is 1. The number of hydrogen-bond acceptors (Lipinski definition) is 6. The number of hydrogen-bond donors (Lipinski definition) is 0. The number of halogens is 2. The summed E-state index contributed by atoms with van der Waals surface area (Å²) in [4.78, 5) is 12.1. The number of ether oxygens (including phenoxy) is 1. The predicted octanol–water partition coefficient (Wildman–Crippen LogP) is 4.93. The van der Waals surface area contributed by atoms with Crippen molar-refractivity contribution >= 4 is 40.7 Å². The van der Waals surface area contributed by atoms with Gasteiger partial charge in [0, 0.05) is 15.6 Å². The number of nitrogens with zero attached hydrogens (tertiary/aromatic N) is 2. The molecule has 0 bridgehead atoms. The average Bonchev–Trinajstić information content (AvgIpc) is 3.08. The van der Waals surface area contributed by atoms with Crippen LogP contribution in [0.15, 0.2) is 58.2 Å². The van der Waals surface area contributed by atoms with E-state index in [2.05, 4.69) is 10.2 Å². The van der Waals surface area contributed by atoms with E-state index in [4.69, 9.17) is 32.4 Å². The van der Waals surface area contributed by atoms with Crippen molar-refractivity contribution in [1.29, 1.82) is 0 Å². The molecule has 3 rings (SSSR count). The summed E-state index contributed by atoms with van der Waals surface area (Å²) in [6, 6.07) is 13.7. The highest BCUT2D eigenvalue weighted by Gasteiger charge is 2.12. The molecule has 0 aliphatic heterocycles. The lowest BCUT2D eigenvalue weighted by atomic mass is 10.1. The molecule has 5 nitrogen and oxygen atoms in total. The van der Waals surface area contributed by atoms with Crippen LogP contribution < -0.4 is 4.74 Å².